The van der Waals surface area contributed by atoms with Crippen LogP contribution in [0.1, 0.15) is 128 Å². The summed E-state index contributed by atoms with van der Waals surface area (Å²) >= 11 is 49.2. The zero-order chi connectivity index (χ0) is 104. The van der Waals surface area contributed by atoms with Crippen molar-refractivity contribution in [1.82, 2.24) is 18.9 Å². The average molecular weight is 2840 g/mol. The predicted octanol–water partition coefficient (Wildman–Crippen LogP) is 34.7. The fraction of sp³-hybridized carbons (Fsp3) is 0.220. The van der Waals surface area contributed by atoms with Crippen LogP contribution < -0.4 is 4.74 Å². The zero-order valence-electron chi connectivity index (χ0n) is 80.2. The number of ether oxygens (including phenoxy) is 2. The maximum atomic E-state index is 12.7. The minimum atomic E-state index is -1.22. The van der Waals surface area contributed by atoms with Gasteiger partial charge in [0.1, 0.15) is 46.8 Å². The van der Waals surface area contributed by atoms with E-state index in [1.54, 1.807) is 26.1 Å². The molecule has 0 spiro atoms. The first-order chi connectivity index (χ1) is 69.1. The first-order valence-electron chi connectivity index (χ1n) is 47.2. The molecule has 0 unspecified atom stereocenters. The van der Waals surface area contributed by atoms with Gasteiger partial charge in [0.05, 0.1) is 42.4 Å². The van der Waals surface area contributed by atoms with Crippen molar-refractivity contribution in [3.8, 4) is 61.4 Å². The Morgan fingerprint density at radius 2 is 0.628 bits per heavy atom. The van der Waals surface area contributed by atoms with Crippen molar-refractivity contribution in [3.63, 3.8) is 0 Å². The van der Waals surface area contributed by atoms with Crippen molar-refractivity contribution >= 4 is 278 Å². The Morgan fingerprint density at radius 1 is 0.352 bits per heavy atom. The van der Waals surface area contributed by atoms with Crippen LogP contribution in [-0.4, -0.2) is 104 Å². The number of morpholine rings is 1. The van der Waals surface area contributed by atoms with Crippen molar-refractivity contribution in [1.29, 1.82) is 0 Å². The molecule has 23 rings (SSSR count). The van der Waals surface area contributed by atoms with Gasteiger partial charge in [0.15, 0.2) is 0 Å². The summed E-state index contributed by atoms with van der Waals surface area (Å²) in [6.07, 6.45) is 3.06. The van der Waals surface area contributed by atoms with Crippen LogP contribution in [0.15, 0.2) is 342 Å². The van der Waals surface area contributed by atoms with E-state index in [-0.39, 0.29) is 17.7 Å². The molecule has 1 fully saturated rings. The van der Waals surface area contributed by atoms with E-state index in [0.29, 0.717) is 51.7 Å². The van der Waals surface area contributed by atoms with E-state index >= 15 is 0 Å². The van der Waals surface area contributed by atoms with Crippen molar-refractivity contribution in [2.75, 3.05) is 47.5 Å². The molecule has 13 nitrogen and oxygen atoms in total. The number of carbonyl (C=O) groups is 2. The SMILES string of the molecule is CC(C)C1(O)c2cc(Br)ccc2-c2ccc(Br)cc21.CC(C)CC1(O)c2cc(Br)ccc2-c2ccc(Br)cc21.CCC1(O)c2cc(Br)ccc2-c2ccc(Br)cc21.CCCC1(O)c2cc(Br)ccc2-c2ccc(Br)cc21.CN(C)C(=O)Cn1c2cc(Br)ccc2c2ccc(Br)cc21.COc1cccc(C2(O)c3cc(Br)ccc3-c3ccc(Br)cc32)c1.O=C(Cn1c2cc(Br)ccc2c2ccc(Br)cc21)N1CCOCC1. The van der Waals surface area contributed by atoms with Crippen LogP contribution in [0.5, 0.6) is 5.75 Å². The summed E-state index contributed by atoms with van der Waals surface area (Å²) in [5, 5.41) is 61.4. The van der Waals surface area contributed by atoms with Crippen molar-refractivity contribution in [2.24, 2.45) is 11.8 Å². The number of halogens is 14. The van der Waals surface area contributed by atoms with Crippen LogP contribution in [0.25, 0.3) is 99.2 Å². The number of fused-ring (bicyclic) bond motifs is 21. The highest BCUT2D eigenvalue weighted by Gasteiger charge is 2.48. The summed E-state index contributed by atoms with van der Waals surface area (Å²) in [4.78, 5) is 28.4. The van der Waals surface area contributed by atoms with Gasteiger partial charge in [-0.25, -0.2) is 0 Å². The highest BCUT2D eigenvalue weighted by molar-refractivity contribution is 9.12. The number of nitrogens with zero attached hydrogens (tertiary/aromatic N) is 4. The normalized spacial score (nSPS) is 14.5. The van der Waals surface area contributed by atoms with E-state index in [2.05, 4.69) is 364 Å². The fourth-order valence-corrected chi connectivity index (χ4v) is 25.9. The third kappa shape index (κ3) is 21.8. The molecule has 744 valence electrons. The quantitative estimate of drug-likeness (QED) is 0.0799. The van der Waals surface area contributed by atoms with Gasteiger partial charge >= 0.3 is 0 Å². The van der Waals surface area contributed by atoms with E-state index in [9.17, 15) is 35.1 Å². The molecule has 3 heterocycles. The Bertz CT molecular complexity index is 7550. The third-order valence-corrected chi connectivity index (χ3v) is 34.6. The van der Waals surface area contributed by atoms with Gasteiger partial charge in [0, 0.05) is 122 Å². The highest BCUT2D eigenvalue weighted by Crippen LogP contribution is 2.58. The summed E-state index contributed by atoms with van der Waals surface area (Å²) in [6, 6.07) is 93.6. The molecule has 5 aliphatic carbocycles. The smallest absolute Gasteiger partial charge is 0.242 e. The Hall–Kier alpha value is -6.88. The lowest BCUT2D eigenvalue weighted by Crippen LogP contribution is -2.42. The van der Waals surface area contributed by atoms with Gasteiger partial charge in [-0.15, -0.1) is 0 Å². The second-order valence-electron chi connectivity index (χ2n) is 37.6. The molecular formula is C118H100Br14N4O9. The van der Waals surface area contributed by atoms with E-state index < -0.39 is 28.0 Å². The molecule has 145 heavy (non-hydrogen) atoms. The van der Waals surface area contributed by atoms with Crippen molar-refractivity contribution < 1.29 is 44.6 Å². The molecule has 15 aromatic carbocycles. The molecular weight excluding hydrogens is 2740 g/mol. The molecule has 0 radical (unpaired) electrons. The molecule has 17 aromatic rings. The maximum absolute atomic E-state index is 12.7. The summed E-state index contributed by atoms with van der Waals surface area (Å²) in [5.74, 6) is 1.46. The molecule has 27 heteroatoms. The van der Waals surface area contributed by atoms with Gasteiger partial charge in [0.25, 0.3) is 0 Å². The van der Waals surface area contributed by atoms with Gasteiger partial charge < -0.3 is 53.9 Å². The highest BCUT2D eigenvalue weighted by atomic mass is 79.9. The number of hydrogen-bond acceptors (Lipinski definition) is 9. The minimum absolute atomic E-state index is 0.0775. The van der Waals surface area contributed by atoms with Gasteiger partial charge in [0.2, 0.25) is 11.8 Å². The Balaban J connectivity index is 0.000000116. The van der Waals surface area contributed by atoms with Crippen LogP contribution in [-0.2, 0) is 55.4 Å². The van der Waals surface area contributed by atoms with E-state index in [1.165, 1.54) is 0 Å². The lowest BCUT2D eigenvalue weighted by molar-refractivity contribution is -0.135. The maximum Gasteiger partial charge on any atom is 0.242 e. The molecule has 0 atom stereocenters. The van der Waals surface area contributed by atoms with Crippen LogP contribution >= 0.6 is 223 Å². The Labute approximate surface area is 962 Å². The van der Waals surface area contributed by atoms with Crippen molar-refractivity contribution in [2.45, 2.75) is 108 Å². The molecule has 2 amide bonds. The standard InChI is InChI=1S/C20H14Br2O2.C18H16Br2N2O2.C17H16Br2O.C16H14Br2N2O.2C16H14Br2O.C15H12Br2O/c1-24-15-4-2-3-12(9-15)20(23)18-10-13(21)5-7-16(18)17-8-6-14(22)11-19(17)20;19-12-1-3-14-15-4-2-13(20)10-17(15)22(16(14)9-12)11-18(23)21-5-7-24-8-6-21;1-10(2)9-17(20)15-7-11(18)3-5-13(15)14-6-4-12(19)8-16(14)17;1-19(2)16(21)9-20-14-7-10(17)3-5-12(14)13-6-4-11(18)8-15(13)20;1-9(2)16(19)14-7-10(17)3-5-12(14)13-6-4-11(18)8-15(13)16;1-2-7-16(19)14-8-10(17)3-5-12(14)13-6-4-11(18)9-15(13)16;1-2-15(18)13-7-9(16)3-5-11(13)12-6-4-10(17)8-14(12)15/h2-11,23H,1H3;1-4,9-10H,5-8,11H2;3-8,10,20H,9H2,1-2H3;3-8H,9H2,1-2H3;3-9,19H,1-2H3;3-6,8-9,19H,2,7H2,1H3;3-8,18H,2H2,1H3. The second kappa shape index (κ2) is 45.2. The van der Waals surface area contributed by atoms with E-state index in [4.69, 9.17) is 9.47 Å². The molecule has 5 N–H and O–H groups in total. The first kappa shape index (κ1) is 109. The lowest BCUT2D eigenvalue weighted by Gasteiger charge is -2.30. The zero-order valence-corrected chi connectivity index (χ0v) is 102. The molecule has 6 aliphatic rings. The second-order valence-corrected chi connectivity index (χ2v) is 50.5. The number of likely N-dealkylation sites (N-methyl/N-ethyl adjacent to an activating group) is 1. The van der Waals surface area contributed by atoms with Gasteiger partial charge in [-0.05, 0) is 319 Å². The lowest BCUT2D eigenvalue weighted by atomic mass is 9.81. The van der Waals surface area contributed by atoms with Crippen LogP contribution in [0.3, 0.4) is 0 Å². The number of amides is 2. The summed E-state index contributed by atoms with van der Waals surface area (Å²) in [5.41, 5.74) is 21.2. The molecule has 0 saturated carbocycles. The largest absolute Gasteiger partial charge is 0.497 e. The number of aliphatic hydroxyl groups is 5. The molecule has 0 bridgehead atoms. The van der Waals surface area contributed by atoms with Gasteiger partial charge in [-0.1, -0.05) is 368 Å². The summed E-state index contributed by atoms with van der Waals surface area (Å²) in [6.45, 7) is 15.8. The third-order valence-electron chi connectivity index (χ3n) is 27.7. The Kier molecular flexibility index (Phi) is 34.1. The number of carbonyl (C=O) groups excluding carboxylic acids is 2. The molecule has 1 saturated heterocycles. The summed E-state index contributed by atoms with van der Waals surface area (Å²) in [7, 11) is 5.19. The number of rotatable bonds is 12. The Morgan fingerprint density at radius 3 is 0.924 bits per heavy atom. The minimum Gasteiger partial charge on any atom is -0.497 e. The molecule has 1 aliphatic heterocycles. The topological polar surface area (TPSA) is 170 Å². The number of aromatic nitrogens is 2. The molecule has 2 aromatic heterocycles. The monoisotopic (exact) mass is 2820 g/mol. The van der Waals surface area contributed by atoms with Gasteiger partial charge in [-0.2, -0.15) is 0 Å². The predicted molar refractivity (Wildman–Crippen MR) is 639 cm³/mol. The van der Waals surface area contributed by atoms with E-state index in [1.807, 2.05) is 194 Å². The van der Waals surface area contributed by atoms with Crippen LogP contribution in [0.2, 0.25) is 0 Å². The van der Waals surface area contributed by atoms with Gasteiger partial charge in [-0.3, -0.25) is 9.59 Å². The summed E-state index contributed by atoms with van der Waals surface area (Å²) < 4.78 is 28.8. The van der Waals surface area contributed by atoms with E-state index in [0.717, 1.165) is 248 Å². The first-order valence-corrected chi connectivity index (χ1v) is 58.3. The number of methoxy groups -OCH3 is 1. The van der Waals surface area contributed by atoms with Crippen LogP contribution in [0, 0.1) is 11.8 Å². The fourth-order valence-electron chi connectivity index (χ4n) is 20.9. The van der Waals surface area contributed by atoms with Crippen LogP contribution in [0.4, 0.5) is 0 Å². The number of hydrogen-bond donors (Lipinski definition) is 5. The van der Waals surface area contributed by atoms with Crippen molar-refractivity contribution in [3.05, 3.63) is 403 Å². The average Bonchev–Trinajstić information content (AvgIpc) is 1.58. The number of benzene rings is 15.